The molecule has 0 aromatic heterocycles. The van der Waals surface area contributed by atoms with E-state index in [1.165, 1.54) is 44.6 Å². The lowest BCUT2D eigenvalue weighted by molar-refractivity contribution is -0.131. The summed E-state index contributed by atoms with van der Waals surface area (Å²) in [5.74, 6) is 2.22. The standard InChI is InChI=1S/C17H25NO2/c19-16(20)8-12-1-3-18(4-2-12)17-9-13-5-14(10-17)7-15(6-13)11-17/h8,13-15H,1-7,9-11H2,(H,19,20). The maximum Gasteiger partial charge on any atom is 0.328 e. The minimum Gasteiger partial charge on any atom is -0.478 e. The zero-order chi connectivity index (χ0) is 13.7. The van der Waals surface area contributed by atoms with Crippen molar-refractivity contribution in [3.8, 4) is 0 Å². The second kappa shape index (κ2) is 4.59. The molecular formula is C17H25NO2. The van der Waals surface area contributed by atoms with E-state index in [1.54, 1.807) is 0 Å². The number of piperidine rings is 1. The van der Waals surface area contributed by atoms with E-state index in [-0.39, 0.29) is 0 Å². The van der Waals surface area contributed by atoms with Gasteiger partial charge < -0.3 is 5.11 Å². The van der Waals surface area contributed by atoms with Crippen LogP contribution in [0, 0.1) is 17.8 Å². The van der Waals surface area contributed by atoms with Crippen molar-refractivity contribution in [2.75, 3.05) is 13.1 Å². The molecular weight excluding hydrogens is 250 g/mol. The van der Waals surface area contributed by atoms with E-state index in [0.29, 0.717) is 5.54 Å². The largest absolute Gasteiger partial charge is 0.478 e. The monoisotopic (exact) mass is 275 g/mol. The number of aliphatic carboxylic acids is 1. The van der Waals surface area contributed by atoms with Crippen molar-refractivity contribution in [3.63, 3.8) is 0 Å². The molecule has 4 bridgehead atoms. The van der Waals surface area contributed by atoms with E-state index >= 15 is 0 Å². The van der Waals surface area contributed by atoms with Crippen molar-refractivity contribution >= 4 is 5.97 Å². The smallest absolute Gasteiger partial charge is 0.328 e. The van der Waals surface area contributed by atoms with Crippen molar-refractivity contribution in [2.24, 2.45) is 17.8 Å². The Labute approximate surface area is 121 Å². The van der Waals surface area contributed by atoms with Gasteiger partial charge in [0.25, 0.3) is 0 Å². The van der Waals surface area contributed by atoms with E-state index in [0.717, 1.165) is 49.3 Å². The van der Waals surface area contributed by atoms with Crippen molar-refractivity contribution < 1.29 is 9.90 Å². The molecule has 5 rings (SSSR count). The third-order valence-electron chi connectivity index (χ3n) is 6.41. The van der Waals surface area contributed by atoms with Gasteiger partial charge in [-0.1, -0.05) is 5.57 Å². The van der Waals surface area contributed by atoms with Gasteiger partial charge in [0, 0.05) is 24.7 Å². The van der Waals surface area contributed by atoms with Crippen LogP contribution < -0.4 is 0 Å². The molecule has 1 saturated heterocycles. The Morgan fingerprint density at radius 2 is 1.55 bits per heavy atom. The zero-order valence-electron chi connectivity index (χ0n) is 12.2. The fraction of sp³-hybridized carbons (Fsp3) is 0.824. The van der Waals surface area contributed by atoms with Crippen molar-refractivity contribution in [1.29, 1.82) is 0 Å². The number of carboxylic acid groups (broad SMARTS) is 1. The summed E-state index contributed by atoms with van der Waals surface area (Å²) in [5.41, 5.74) is 1.64. The normalized spacial score (nSPS) is 43.8. The summed E-state index contributed by atoms with van der Waals surface area (Å²) >= 11 is 0. The Bertz CT molecular complexity index is 409. The predicted molar refractivity (Wildman–Crippen MR) is 77.4 cm³/mol. The number of rotatable bonds is 2. The summed E-state index contributed by atoms with van der Waals surface area (Å²) in [7, 11) is 0. The van der Waals surface area contributed by atoms with E-state index in [1.807, 2.05) is 0 Å². The predicted octanol–water partition coefficient (Wildman–Crippen LogP) is 3.06. The molecule has 0 unspecified atom stereocenters. The van der Waals surface area contributed by atoms with Crippen molar-refractivity contribution in [3.05, 3.63) is 11.6 Å². The van der Waals surface area contributed by atoms with Crippen LogP contribution in [0.5, 0.6) is 0 Å². The van der Waals surface area contributed by atoms with Crippen molar-refractivity contribution in [2.45, 2.75) is 56.9 Å². The average Bonchev–Trinajstić information content (AvgIpc) is 2.37. The minimum absolute atomic E-state index is 0.503. The first-order valence-corrected chi connectivity index (χ1v) is 8.30. The first-order chi connectivity index (χ1) is 9.63. The van der Waals surface area contributed by atoms with Crippen LogP contribution in [0.3, 0.4) is 0 Å². The molecule has 3 heteroatoms. The fourth-order valence-corrected chi connectivity index (χ4v) is 6.04. The molecule has 0 radical (unpaired) electrons. The van der Waals surface area contributed by atoms with Gasteiger partial charge in [-0.3, -0.25) is 4.90 Å². The number of carboxylic acids is 1. The Morgan fingerprint density at radius 1 is 1.05 bits per heavy atom. The minimum atomic E-state index is -0.775. The molecule has 4 saturated carbocycles. The second-order valence-corrected chi connectivity index (χ2v) is 7.77. The molecule has 0 aromatic rings. The van der Waals surface area contributed by atoms with E-state index < -0.39 is 5.97 Å². The van der Waals surface area contributed by atoms with Crippen LogP contribution in [0.25, 0.3) is 0 Å². The molecule has 1 N–H and O–H groups in total. The molecule has 110 valence electrons. The van der Waals surface area contributed by atoms with Crippen molar-refractivity contribution in [1.82, 2.24) is 4.90 Å². The van der Waals surface area contributed by atoms with E-state index in [9.17, 15) is 4.79 Å². The summed E-state index contributed by atoms with van der Waals surface area (Å²) in [6.07, 6.45) is 12.1. The number of likely N-dealkylation sites (tertiary alicyclic amines) is 1. The summed E-state index contributed by atoms with van der Waals surface area (Å²) in [5, 5.41) is 8.87. The van der Waals surface area contributed by atoms with Crippen LogP contribution in [0.1, 0.15) is 51.4 Å². The van der Waals surface area contributed by atoms with Crippen LogP contribution in [0.15, 0.2) is 11.6 Å². The molecule has 0 aromatic carbocycles. The van der Waals surface area contributed by atoms with Gasteiger partial charge in [-0.25, -0.2) is 4.79 Å². The highest BCUT2D eigenvalue weighted by Crippen LogP contribution is 2.58. The summed E-state index contributed by atoms with van der Waals surface area (Å²) in [6.45, 7) is 2.18. The molecule has 0 atom stereocenters. The summed E-state index contributed by atoms with van der Waals surface area (Å²) in [4.78, 5) is 13.5. The molecule has 3 nitrogen and oxygen atoms in total. The van der Waals surface area contributed by atoms with Gasteiger partial charge in [0.1, 0.15) is 0 Å². The topological polar surface area (TPSA) is 40.5 Å². The van der Waals surface area contributed by atoms with Gasteiger partial charge in [-0.05, 0) is 69.1 Å². The second-order valence-electron chi connectivity index (χ2n) is 7.77. The van der Waals surface area contributed by atoms with Crippen LogP contribution in [0.2, 0.25) is 0 Å². The number of hydrogen-bond donors (Lipinski definition) is 1. The Morgan fingerprint density at radius 3 is 2.00 bits per heavy atom. The highest BCUT2D eigenvalue weighted by atomic mass is 16.4. The lowest BCUT2D eigenvalue weighted by Gasteiger charge is -2.61. The molecule has 1 aliphatic heterocycles. The molecule has 20 heavy (non-hydrogen) atoms. The Hall–Kier alpha value is -0.830. The Balaban J connectivity index is 1.48. The maximum absolute atomic E-state index is 10.8. The van der Waals surface area contributed by atoms with E-state index in [2.05, 4.69) is 4.90 Å². The number of nitrogens with zero attached hydrogens (tertiary/aromatic N) is 1. The number of carbonyl (C=O) groups is 1. The molecule has 0 spiro atoms. The lowest BCUT2D eigenvalue weighted by atomic mass is 9.52. The van der Waals surface area contributed by atoms with Crippen LogP contribution >= 0.6 is 0 Å². The van der Waals surface area contributed by atoms with Crippen LogP contribution in [-0.2, 0) is 4.79 Å². The zero-order valence-corrected chi connectivity index (χ0v) is 12.2. The lowest BCUT2D eigenvalue weighted by Crippen LogP contribution is -2.61. The van der Waals surface area contributed by atoms with Crippen LogP contribution in [0.4, 0.5) is 0 Å². The first kappa shape index (κ1) is 12.9. The third kappa shape index (κ3) is 2.11. The van der Waals surface area contributed by atoms with Gasteiger partial charge in [-0.15, -0.1) is 0 Å². The molecule has 4 aliphatic carbocycles. The van der Waals surface area contributed by atoms with Gasteiger partial charge >= 0.3 is 5.97 Å². The van der Waals surface area contributed by atoms with Gasteiger partial charge in [-0.2, -0.15) is 0 Å². The fourth-order valence-electron chi connectivity index (χ4n) is 6.04. The SMILES string of the molecule is O=C(O)C=C1CCN(C23CC4CC(CC(C4)C2)C3)CC1. The number of hydrogen-bond acceptors (Lipinski definition) is 2. The Kier molecular flexibility index (Phi) is 2.95. The molecule has 1 heterocycles. The maximum atomic E-state index is 10.8. The molecule has 5 aliphatic rings. The van der Waals surface area contributed by atoms with Gasteiger partial charge in [0.05, 0.1) is 0 Å². The van der Waals surface area contributed by atoms with E-state index in [4.69, 9.17) is 5.11 Å². The molecule has 5 fully saturated rings. The highest BCUT2D eigenvalue weighted by molar-refractivity contribution is 5.80. The summed E-state index contributed by atoms with van der Waals surface area (Å²) in [6, 6.07) is 0. The van der Waals surface area contributed by atoms with Gasteiger partial charge in [0.2, 0.25) is 0 Å². The highest BCUT2D eigenvalue weighted by Gasteiger charge is 2.53. The average molecular weight is 275 g/mol. The molecule has 0 amide bonds. The summed E-state index contributed by atoms with van der Waals surface area (Å²) < 4.78 is 0. The quantitative estimate of drug-likeness (QED) is 0.787. The van der Waals surface area contributed by atoms with Crippen LogP contribution in [-0.4, -0.2) is 34.6 Å². The third-order valence-corrected chi connectivity index (χ3v) is 6.41. The first-order valence-electron chi connectivity index (χ1n) is 8.30. The van der Waals surface area contributed by atoms with Gasteiger partial charge in [0.15, 0.2) is 0 Å².